The van der Waals surface area contributed by atoms with Crippen LogP contribution in [0, 0.1) is 11.7 Å². The van der Waals surface area contributed by atoms with Gasteiger partial charge in [-0.1, -0.05) is 11.6 Å². The fraction of sp³-hybridized carbons (Fsp3) is 0.538. The molecule has 96 valence electrons. The van der Waals surface area contributed by atoms with E-state index in [2.05, 4.69) is 20.7 Å². The van der Waals surface area contributed by atoms with Crippen LogP contribution in [-0.4, -0.2) is 19.3 Å². The predicted octanol–water partition coefficient (Wildman–Crippen LogP) is 3.24. The zero-order chi connectivity index (χ0) is 12.7. The van der Waals surface area contributed by atoms with Gasteiger partial charge in [0.1, 0.15) is 5.52 Å². The summed E-state index contributed by atoms with van der Waals surface area (Å²) in [5.74, 6) is 0. The quantitative estimate of drug-likeness (QED) is 0.681. The summed E-state index contributed by atoms with van der Waals surface area (Å²) in [4.78, 5) is 3.27. The lowest BCUT2D eigenvalue weighted by atomic mass is 10.2. The van der Waals surface area contributed by atoms with Gasteiger partial charge in [-0.15, -0.1) is 0 Å². The van der Waals surface area contributed by atoms with Gasteiger partial charge in [0.15, 0.2) is 10.4 Å². The van der Waals surface area contributed by atoms with Crippen LogP contribution in [0.25, 0.3) is 11.2 Å². The first kappa shape index (κ1) is 11.7. The molecule has 0 atom stereocenters. The number of hydrogen-bond donors (Lipinski definition) is 1. The molecule has 3 rings (SSSR count). The molecule has 0 radical (unpaired) electrons. The number of aromatic amines is 1. The van der Waals surface area contributed by atoms with Gasteiger partial charge >= 0.3 is 0 Å². The van der Waals surface area contributed by atoms with Gasteiger partial charge in [-0.25, -0.2) is 0 Å². The summed E-state index contributed by atoms with van der Waals surface area (Å²) >= 11 is 5.41. The minimum atomic E-state index is 0.805. The van der Waals surface area contributed by atoms with E-state index in [0.29, 0.717) is 0 Å². The highest BCUT2D eigenvalue weighted by molar-refractivity contribution is 7.71. The topological polar surface area (TPSA) is 38.5 Å². The van der Waals surface area contributed by atoms with E-state index in [1.54, 1.807) is 5.57 Å². The maximum absolute atomic E-state index is 5.41. The maximum Gasteiger partial charge on any atom is 0.179 e. The van der Waals surface area contributed by atoms with Gasteiger partial charge in [0.2, 0.25) is 0 Å². The van der Waals surface area contributed by atoms with Crippen LogP contribution in [-0.2, 0) is 13.6 Å². The lowest BCUT2D eigenvalue weighted by Crippen LogP contribution is -2.03. The van der Waals surface area contributed by atoms with Crippen LogP contribution >= 0.6 is 12.2 Å². The van der Waals surface area contributed by atoms with Gasteiger partial charge in [-0.3, -0.25) is 4.68 Å². The molecule has 4 nitrogen and oxygen atoms in total. The molecule has 0 unspecified atom stereocenters. The number of allylic oxidation sites excluding steroid dienone is 2. The van der Waals surface area contributed by atoms with Crippen molar-refractivity contribution in [3.63, 3.8) is 0 Å². The number of nitrogens with one attached hydrogen (secondary N) is 1. The molecule has 0 saturated carbocycles. The monoisotopic (exact) mass is 262 g/mol. The van der Waals surface area contributed by atoms with E-state index in [1.165, 1.54) is 19.3 Å². The molecule has 2 aromatic heterocycles. The summed E-state index contributed by atoms with van der Waals surface area (Å²) < 4.78 is 4.89. The largest absolute Gasteiger partial charge is 0.328 e. The Balaban J connectivity index is 1.95. The number of H-pyrrole nitrogens is 1. The lowest BCUT2D eigenvalue weighted by molar-refractivity contribution is 0.654. The molecule has 5 heteroatoms. The fourth-order valence-corrected chi connectivity index (χ4v) is 3.08. The van der Waals surface area contributed by atoms with Crippen molar-refractivity contribution >= 4 is 23.4 Å². The van der Waals surface area contributed by atoms with Crippen molar-refractivity contribution in [3.8, 4) is 0 Å². The molecule has 0 aromatic carbocycles. The van der Waals surface area contributed by atoms with Crippen LogP contribution in [0.3, 0.4) is 0 Å². The van der Waals surface area contributed by atoms with Crippen LogP contribution in [0.1, 0.15) is 31.4 Å². The Morgan fingerprint density at radius 3 is 3.06 bits per heavy atom. The SMILES string of the molecule is Cc1nn(C)c2c1[nH]c(=S)n2CCC1=CCCC1. The molecule has 1 aliphatic carbocycles. The van der Waals surface area contributed by atoms with Gasteiger partial charge in [-0.2, -0.15) is 5.10 Å². The number of aromatic nitrogens is 4. The highest BCUT2D eigenvalue weighted by Gasteiger charge is 2.13. The summed E-state index contributed by atoms with van der Waals surface area (Å²) in [6.07, 6.45) is 7.29. The number of nitrogens with zero attached hydrogens (tertiary/aromatic N) is 3. The molecule has 0 saturated heterocycles. The molecular weight excluding hydrogens is 244 g/mol. The van der Waals surface area contributed by atoms with E-state index in [1.807, 2.05) is 18.7 Å². The van der Waals surface area contributed by atoms with E-state index in [0.717, 1.165) is 34.6 Å². The summed E-state index contributed by atoms with van der Waals surface area (Å²) in [6, 6.07) is 0. The van der Waals surface area contributed by atoms with E-state index in [9.17, 15) is 0 Å². The van der Waals surface area contributed by atoms with E-state index in [-0.39, 0.29) is 0 Å². The zero-order valence-electron chi connectivity index (χ0n) is 10.9. The second-order valence-corrected chi connectivity index (χ2v) is 5.38. The Hall–Kier alpha value is -1.36. The van der Waals surface area contributed by atoms with Crippen LogP contribution in [0.2, 0.25) is 0 Å². The number of aryl methyl sites for hydroxylation is 3. The summed E-state index contributed by atoms with van der Waals surface area (Å²) in [6.45, 7) is 2.96. The molecule has 0 bridgehead atoms. The first-order valence-electron chi connectivity index (χ1n) is 6.47. The van der Waals surface area contributed by atoms with Gasteiger partial charge in [0.05, 0.1) is 5.69 Å². The van der Waals surface area contributed by atoms with Crippen molar-refractivity contribution in [2.24, 2.45) is 7.05 Å². The van der Waals surface area contributed by atoms with Gasteiger partial charge in [0.25, 0.3) is 0 Å². The Bertz CT molecular complexity index is 671. The predicted molar refractivity (Wildman–Crippen MR) is 75.2 cm³/mol. The number of rotatable bonds is 3. The molecule has 2 aromatic rings. The molecule has 0 amide bonds. The Labute approximate surface area is 111 Å². The minimum absolute atomic E-state index is 0.805. The molecular formula is C13H18N4S. The molecule has 1 aliphatic rings. The maximum atomic E-state index is 5.41. The smallest absolute Gasteiger partial charge is 0.179 e. The third kappa shape index (κ3) is 1.82. The molecule has 0 fully saturated rings. The van der Waals surface area contributed by atoms with Crippen molar-refractivity contribution in [1.82, 2.24) is 19.3 Å². The Kier molecular flexibility index (Phi) is 2.86. The van der Waals surface area contributed by atoms with Gasteiger partial charge < -0.3 is 9.55 Å². The second kappa shape index (κ2) is 4.39. The number of hydrogen-bond acceptors (Lipinski definition) is 2. The number of imidazole rings is 1. The fourth-order valence-electron chi connectivity index (χ4n) is 2.80. The van der Waals surface area contributed by atoms with E-state index < -0.39 is 0 Å². The first-order valence-corrected chi connectivity index (χ1v) is 6.87. The van der Waals surface area contributed by atoms with E-state index >= 15 is 0 Å². The molecule has 0 spiro atoms. The van der Waals surface area contributed by atoms with Crippen molar-refractivity contribution in [1.29, 1.82) is 0 Å². The van der Waals surface area contributed by atoms with Crippen molar-refractivity contribution in [2.75, 3.05) is 0 Å². The molecule has 2 heterocycles. The third-order valence-electron chi connectivity index (χ3n) is 3.72. The van der Waals surface area contributed by atoms with Crippen LogP contribution < -0.4 is 0 Å². The highest BCUT2D eigenvalue weighted by atomic mass is 32.1. The van der Waals surface area contributed by atoms with Crippen molar-refractivity contribution in [3.05, 3.63) is 22.1 Å². The van der Waals surface area contributed by atoms with Gasteiger partial charge in [0, 0.05) is 13.6 Å². The Morgan fingerprint density at radius 2 is 2.33 bits per heavy atom. The molecule has 0 aliphatic heterocycles. The third-order valence-corrected chi connectivity index (χ3v) is 4.04. The molecule has 18 heavy (non-hydrogen) atoms. The number of fused-ring (bicyclic) bond motifs is 1. The van der Waals surface area contributed by atoms with Crippen molar-refractivity contribution in [2.45, 2.75) is 39.2 Å². The minimum Gasteiger partial charge on any atom is -0.328 e. The standard InChI is InChI=1S/C13H18N4S/c1-9-11-12(16(2)15-9)17(13(18)14-11)8-7-10-5-3-4-6-10/h5H,3-4,6-8H2,1-2H3,(H,14,18). The average Bonchev–Trinajstić information content (AvgIpc) is 2.98. The zero-order valence-corrected chi connectivity index (χ0v) is 11.7. The van der Waals surface area contributed by atoms with Crippen molar-refractivity contribution < 1.29 is 0 Å². The summed E-state index contributed by atoms with van der Waals surface area (Å²) in [7, 11) is 1.98. The van der Waals surface area contributed by atoms with Crippen LogP contribution in [0.4, 0.5) is 0 Å². The summed E-state index contributed by atoms with van der Waals surface area (Å²) in [5.41, 5.74) is 4.77. The van der Waals surface area contributed by atoms with Crippen LogP contribution in [0.5, 0.6) is 0 Å². The molecule has 1 N–H and O–H groups in total. The van der Waals surface area contributed by atoms with Gasteiger partial charge in [-0.05, 0) is 44.8 Å². The average molecular weight is 262 g/mol. The first-order chi connectivity index (χ1) is 8.66. The van der Waals surface area contributed by atoms with Crippen LogP contribution in [0.15, 0.2) is 11.6 Å². The second-order valence-electron chi connectivity index (χ2n) is 4.99. The highest BCUT2D eigenvalue weighted by Crippen LogP contribution is 2.23. The normalized spacial score (nSPS) is 15.6. The summed E-state index contributed by atoms with van der Waals surface area (Å²) in [5, 5.41) is 4.44. The Morgan fingerprint density at radius 1 is 1.50 bits per heavy atom. The van der Waals surface area contributed by atoms with E-state index in [4.69, 9.17) is 12.2 Å². The lowest BCUT2D eigenvalue weighted by Gasteiger charge is -2.05.